The van der Waals surface area contributed by atoms with E-state index in [4.69, 9.17) is 0 Å². The number of aliphatic hydroxyl groups excluding tert-OH is 1. The van der Waals surface area contributed by atoms with Gasteiger partial charge in [-0.3, -0.25) is 0 Å². The summed E-state index contributed by atoms with van der Waals surface area (Å²) in [4.78, 5) is 0. The summed E-state index contributed by atoms with van der Waals surface area (Å²) in [5.41, 5.74) is 2.09. The Bertz CT molecular complexity index is 704. The first-order valence-electron chi connectivity index (χ1n) is 7.29. The molecule has 0 aromatic heterocycles. The largest absolute Gasteiger partial charge is 0.388 e. The first-order chi connectivity index (χ1) is 10.3. The first kappa shape index (κ1) is 13.7. The standard InChI is InChI=1S/C19H19NO/c21-19(16-8-2-1-3-9-16)13-14-20-18-12-6-10-15-7-4-5-11-17(15)18/h1-12,19-21H,13-14H2. The van der Waals surface area contributed by atoms with E-state index < -0.39 is 6.10 Å². The van der Waals surface area contributed by atoms with Crippen LogP contribution in [-0.4, -0.2) is 11.7 Å². The van der Waals surface area contributed by atoms with Gasteiger partial charge >= 0.3 is 0 Å². The smallest absolute Gasteiger partial charge is 0.0806 e. The van der Waals surface area contributed by atoms with Gasteiger partial charge in [-0.2, -0.15) is 0 Å². The minimum Gasteiger partial charge on any atom is -0.388 e. The normalized spacial score (nSPS) is 12.2. The third kappa shape index (κ3) is 3.23. The number of fused-ring (bicyclic) bond motifs is 1. The molecule has 3 aromatic rings. The van der Waals surface area contributed by atoms with Crippen molar-refractivity contribution in [1.82, 2.24) is 0 Å². The van der Waals surface area contributed by atoms with Crippen LogP contribution in [0.25, 0.3) is 10.8 Å². The van der Waals surface area contributed by atoms with Crippen molar-refractivity contribution in [3.63, 3.8) is 0 Å². The molecule has 0 aliphatic heterocycles. The van der Waals surface area contributed by atoms with Crippen LogP contribution in [-0.2, 0) is 0 Å². The minimum atomic E-state index is -0.423. The zero-order chi connectivity index (χ0) is 14.5. The summed E-state index contributed by atoms with van der Waals surface area (Å²) >= 11 is 0. The van der Waals surface area contributed by atoms with E-state index in [1.165, 1.54) is 10.8 Å². The predicted molar refractivity (Wildman–Crippen MR) is 88.5 cm³/mol. The maximum Gasteiger partial charge on any atom is 0.0806 e. The predicted octanol–water partition coefficient (Wildman–Crippen LogP) is 4.38. The van der Waals surface area contributed by atoms with Crippen LogP contribution in [0.15, 0.2) is 72.8 Å². The Morgan fingerprint density at radius 3 is 2.38 bits per heavy atom. The lowest BCUT2D eigenvalue weighted by atomic mass is 10.1. The summed E-state index contributed by atoms with van der Waals surface area (Å²) in [6.07, 6.45) is 0.265. The number of benzene rings is 3. The topological polar surface area (TPSA) is 32.3 Å². The van der Waals surface area contributed by atoms with Crippen LogP contribution in [0.5, 0.6) is 0 Å². The van der Waals surface area contributed by atoms with Crippen molar-refractivity contribution in [2.24, 2.45) is 0 Å². The minimum absolute atomic E-state index is 0.423. The molecule has 2 nitrogen and oxygen atoms in total. The molecule has 0 amide bonds. The number of hydrogen-bond acceptors (Lipinski definition) is 2. The maximum absolute atomic E-state index is 10.2. The monoisotopic (exact) mass is 277 g/mol. The van der Waals surface area contributed by atoms with Gasteiger partial charge in [0.1, 0.15) is 0 Å². The Morgan fingerprint density at radius 2 is 1.52 bits per heavy atom. The second kappa shape index (κ2) is 6.42. The summed E-state index contributed by atoms with van der Waals surface area (Å²) in [7, 11) is 0. The molecule has 0 saturated carbocycles. The van der Waals surface area contributed by atoms with Crippen LogP contribution in [0, 0.1) is 0 Å². The van der Waals surface area contributed by atoms with Crippen molar-refractivity contribution >= 4 is 16.5 Å². The average Bonchev–Trinajstić information content (AvgIpc) is 2.56. The molecule has 0 heterocycles. The molecule has 3 aromatic carbocycles. The summed E-state index contributed by atoms with van der Waals surface area (Å²) < 4.78 is 0. The second-order valence-electron chi connectivity index (χ2n) is 5.17. The molecule has 1 atom stereocenters. The van der Waals surface area contributed by atoms with Crippen LogP contribution in [0.1, 0.15) is 18.1 Å². The van der Waals surface area contributed by atoms with Crippen molar-refractivity contribution in [3.05, 3.63) is 78.4 Å². The van der Waals surface area contributed by atoms with E-state index in [1.807, 2.05) is 42.5 Å². The molecule has 0 aliphatic rings. The molecule has 0 aliphatic carbocycles. The fraction of sp³-hybridized carbons (Fsp3) is 0.158. The van der Waals surface area contributed by atoms with Crippen LogP contribution < -0.4 is 5.32 Å². The van der Waals surface area contributed by atoms with E-state index in [-0.39, 0.29) is 0 Å². The summed E-state index contributed by atoms with van der Waals surface area (Å²) in [5, 5.41) is 16.0. The van der Waals surface area contributed by atoms with Gasteiger partial charge < -0.3 is 10.4 Å². The number of anilines is 1. The number of rotatable bonds is 5. The number of nitrogens with one attached hydrogen (secondary N) is 1. The van der Waals surface area contributed by atoms with E-state index >= 15 is 0 Å². The highest BCUT2D eigenvalue weighted by Gasteiger charge is 2.06. The summed E-state index contributed by atoms with van der Waals surface area (Å²) in [5.74, 6) is 0. The molecule has 3 rings (SSSR count). The zero-order valence-corrected chi connectivity index (χ0v) is 11.9. The second-order valence-corrected chi connectivity index (χ2v) is 5.17. The van der Waals surface area contributed by atoms with E-state index in [1.54, 1.807) is 0 Å². The van der Waals surface area contributed by atoms with Gasteiger partial charge in [0.25, 0.3) is 0 Å². The molecule has 0 fully saturated rings. The Morgan fingerprint density at radius 1 is 0.810 bits per heavy atom. The van der Waals surface area contributed by atoms with E-state index in [0.29, 0.717) is 6.42 Å². The van der Waals surface area contributed by atoms with Gasteiger partial charge in [-0.15, -0.1) is 0 Å². The quantitative estimate of drug-likeness (QED) is 0.725. The molecular formula is C19H19NO. The van der Waals surface area contributed by atoms with Gasteiger partial charge in [0.05, 0.1) is 6.10 Å². The van der Waals surface area contributed by atoms with Crippen LogP contribution in [0.3, 0.4) is 0 Å². The fourth-order valence-electron chi connectivity index (χ4n) is 2.56. The van der Waals surface area contributed by atoms with Crippen LogP contribution >= 0.6 is 0 Å². The van der Waals surface area contributed by atoms with Crippen LogP contribution in [0.4, 0.5) is 5.69 Å². The van der Waals surface area contributed by atoms with Crippen molar-refractivity contribution < 1.29 is 5.11 Å². The number of aliphatic hydroxyl groups is 1. The van der Waals surface area contributed by atoms with Gasteiger partial charge in [-0.1, -0.05) is 66.7 Å². The first-order valence-corrected chi connectivity index (χ1v) is 7.29. The Kier molecular flexibility index (Phi) is 4.17. The summed E-state index contributed by atoms with van der Waals surface area (Å²) in [6.45, 7) is 0.740. The van der Waals surface area contributed by atoms with E-state index in [9.17, 15) is 5.11 Å². The lowest BCUT2D eigenvalue weighted by Crippen LogP contribution is -2.07. The molecular weight excluding hydrogens is 258 g/mol. The number of hydrogen-bond donors (Lipinski definition) is 2. The third-order valence-corrected chi connectivity index (χ3v) is 3.71. The molecule has 0 spiro atoms. The van der Waals surface area contributed by atoms with Gasteiger partial charge in [0, 0.05) is 17.6 Å². The average molecular weight is 277 g/mol. The highest BCUT2D eigenvalue weighted by Crippen LogP contribution is 2.23. The molecule has 2 heteroatoms. The molecule has 0 saturated heterocycles. The van der Waals surface area contributed by atoms with Crippen molar-refractivity contribution in [2.45, 2.75) is 12.5 Å². The van der Waals surface area contributed by atoms with Gasteiger partial charge in [0.2, 0.25) is 0 Å². The van der Waals surface area contributed by atoms with Crippen molar-refractivity contribution in [3.8, 4) is 0 Å². The highest BCUT2D eigenvalue weighted by molar-refractivity contribution is 5.93. The molecule has 1 unspecified atom stereocenters. The Balaban J connectivity index is 1.65. The highest BCUT2D eigenvalue weighted by atomic mass is 16.3. The fourth-order valence-corrected chi connectivity index (χ4v) is 2.56. The summed E-state index contributed by atoms with van der Waals surface area (Å²) in [6, 6.07) is 24.4. The zero-order valence-electron chi connectivity index (χ0n) is 11.9. The maximum atomic E-state index is 10.2. The molecule has 106 valence electrons. The SMILES string of the molecule is OC(CCNc1cccc2ccccc12)c1ccccc1. The molecule has 2 N–H and O–H groups in total. The Hall–Kier alpha value is -2.32. The van der Waals surface area contributed by atoms with Crippen molar-refractivity contribution in [2.75, 3.05) is 11.9 Å². The lowest BCUT2D eigenvalue weighted by molar-refractivity contribution is 0.171. The van der Waals surface area contributed by atoms with Crippen molar-refractivity contribution in [1.29, 1.82) is 0 Å². The lowest BCUT2D eigenvalue weighted by Gasteiger charge is -2.13. The van der Waals surface area contributed by atoms with Gasteiger partial charge in [-0.25, -0.2) is 0 Å². The molecule has 0 radical (unpaired) electrons. The molecule has 21 heavy (non-hydrogen) atoms. The molecule has 0 bridgehead atoms. The third-order valence-electron chi connectivity index (χ3n) is 3.71. The van der Waals surface area contributed by atoms with E-state index in [2.05, 4.69) is 35.6 Å². The Labute approximate surface area is 125 Å². The van der Waals surface area contributed by atoms with Gasteiger partial charge in [-0.05, 0) is 23.4 Å². The van der Waals surface area contributed by atoms with E-state index in [0.717, 1.165) is 17.8 Å². The van der Waals surface area contributed by atoms with Crippen LogP contribution in [0.2, 0.25) is 0 Å². The van der Waals surface area contributed by atoms with Gasteiger partial charge in [0.15, 0.2) is 0 Å².